The van der Waals surface area contributed by atoms with Gasteiger partial charge in [-0.1, -0.05) is 0 Å². The average Bonchev–Trinajstić information content (AvgIpc) is 3.02. The Morgan fingerprint density at radius 1 is 1.31 bits per heavy atom. The molecule has 1 atom stereocenters. The number of ether oxygens (including phenoxy) is 1. The maximum absolute atomic E-state index is 12.7. The molecule has 1 aliphatic rings. The summed E-state index contributed by atoms with van der Waals surface area (Å²) in [5.74, 6) is 0. The zero-order valence-corrected chi connectivity index (χ0v) is 16.0. The van der Waals surface area contributed by atoms with E-state index in [2.05, 4.69) is 0 Å². The van der Waals surface area contributed by atoms with Gasteiger partial charge in [0.05, 0.1) is 9.82 Å². The molecule has 1 aliphatic heterocycles. The zero-order valence-electron chi connectivity index (χ0n) is 15.2. The largest absolute Gasteiger partial charge is 0.444 e. The van der Waals surface area contributed by atoms with Crippen molar-refractivity contribution in [3.8, 4) is 0 Å². The molecule has 1 heterocycles. The van der Waals surface area contributed by atoms with Gasteiger partial charge in [0.15, 0.2) is 0 Å². The Labute approximate surface area is 152 Å². The Morgan fingerprint density at radius 2 is 1.88 bits per heavy atom. The van der Waals surface area contributed by atoms with Gasteiger partial charge in [-0.05, 0) is 39.3 Å². The van der Waals surface area contributed by atoms with Gasteiger partial charge in [-0.3, -0.25) is 10.1 Å². The standard InChI is InChI=1S/C16H23N3O6S/c1-16(2,3)25-15(20)18-10-9-13(11-18)17(4)26(23,24)14-7-5-12(6-8-14)19(21)22/h5-8,13H,9-11H2,1-4H3/t13-/m0/s1. The van der Waals surface area contributed by atoms with Crippen molar-refractivity contribution in [2.24, 2.45) is 0 Å². The number of non-ortho nitro benzene ring substituents is 1. The van der Waals surface area contributed by atoms with Crippen molar-refractivity contribution in [3.63, 3.8) is 0 Å². The number of nitrogens with zero attached hydrogens (tertiary/aromatic N) is 3. The van der Waals surface area contributed by atoms with E-state index in [-0.39, 0.29) is 23.2 Å². The average molecular weight is 385 g/mol. The molecule has 1 saturated heterocycles. The van der Waals surface area contributed by atoms with Crippen molar-refractivity contribution in [3.05, 3.63) is 34.4 Å². The zero-order chi connectivity index (χ0) is 19.7. The van der Waals surface area contributed by atoms with Gasteiger partial charge in [-0.25, -0.2) is 13.2 Å². The molecule has 1 aromatic carbocycles. The fourth-order valence-corrected chi connectivity index (χ4v) is 4.01. The second-order valence-electron chi connectivity index (χ2n) is 7.14. The third-order valence-corrected chi connectivity index (χ3v) is 5.98. The van der Waals surface area contributed by atoms with Gasteiger partial charge in [0, 0.05) is 38.3 Å². The normalized spacial score (nSPS) is 18.2. The third kappa shape index (κ3) is 4.50. The van der Waals surface area contributed by atoms with E-state index in [1.165, 1.54) is 28.4 Å². The number of carbonyl (C=O) groups excluding carboxylic acids is 1. The van der Waals surface area contributed by atoms with Crippen molar-refractivity contribution in [1.82, 2.24) is 9.21 Å². The van der Waals surface area contributed by atoms with E-state index in [9.17, 15) is 23.3 Å². The highest BCUT2D eigenvalue weighted by atomic mass is 32.2. The molecule has 2 rings (SSSR count). The summed E-state index contributed by atoms with van der Waals surface area (Å²) in [4.78, 5) is 23.7. The first-order chi connectivity index (χ1) is 11.9. The van der Waals surface area contributed by atoms with Crippen LogP contribution in [-0.2, 0) is 14.8 Å². The number of likely N-dealkylation sites (N-methyl/N-ethyl adjacent to an activating group) is 1. The van der Waals surface area contributed by atoms with Gasteiger partial charge in [-0.15, -0.1) is 0 Å². The summed E-state index contributed by atoms with van der Waals surface area (Å²) in [6.07, 6.45) is 0.0169. The van der Waals surface area contributed by atoms with E-state index >= 15 is 0 Å². The van der Waals surface area contributed by atoms with E-state index in [1.54, 1.807) is 20.8 Å². The number of carbonyl (C=O) groups is 1. The van der Waals surface area contributed by atoms with Crippen molar-refractivity contribution in [2.75, 3.05) is 20.1 Å². The van der Waals surface area contributed by atoms with Gasteiger partial charge in [-0.2, -0.15) is 4.31 Å². The Bertz CT molecular complexity index is 785. The molecular formula is C16H23N3O6S. The first-order valence-electron chi connectivity index (χ1n) is 8.12. The second kappa shape index (κ2) is 7.20. The molecule has 144 valence electrons. The molecule has 26 heavy (non-hydrogen) atoms. The lowest BCUT2D eigenvalue weighted by Crippen LogP contribution is -2.41. The van der Waals surface area contributed by atoms with E-state index < -0.39 is 26.6 Å². The predicted molar refractivity (Wildman–Crippen MR) is 94.3 cm³/mol. The Kier molecular flexibility index (Phi) is 5.57. The number of amides is 1. The van der Waals surface area contributed by atoms with Crippen LogP contribution in [0, 0.1) is 10.1 Å². The molecule has 9 nitrogen and oxygen atoms in total. The highest BCUT2D eigenvalue weighted by Gasteiger charge is 2.36. The van der Waals surface area contributed by atoms with E-state index in [0.717, 1.165) is 12.1 Å². The number of nitro benzene ring substituents is 1. The quantitative estimate of drug-likeness (QED) is 0.580. The Hall–Kier alpha value is -2.20. The number of likely N-dealkylation sites (tertiary alicyclic amines) is 1. The maximum Gasteiger partial charge on any atom is 0.410 e. The summed E-state index contributed by atoms with van der Waals surface area (Å²) in [5, 5.41) is 10.7. The SMILES string of the molecule is CN([C@H]1CCN(C(=O)OC(C)(C)C)C1)S(=O)(=O)c1ccc([N+](=O)[O-])cc1. The van der Waals surface area contributed by atoms with Gasteiger partial charge in [0.1, 0.15) is 5.60 Å². The summed E-state index contributed by atoms with van der Waals surface area (Å²) >= 11 is 0. The lowest BCUT2D eigenvalue weighted by atomic mass is 10.2. The summed E-state index contributed by atoms with van der Waals surface area (Å²) in [7, 11) is -2.37. The van der Waals surface area contributed by atoms with Crippen LogP contribution in [0.25, 0.3) is 0 Å². The number of nitro groups is 1. The molecular weight excluding hydrogens is 362 g/mol. The molecule has 1 fully saturated rings. The van der Waals surface area contributed by atoms with Crippen molar-refractivity contribution < 1.29 is 22.9 Å². The fraction of sp³-hybridized carbons (Fsp3) is 0.562. The van der Waals surface area contributed by atoms with Crippen LogP contribution in [0.2, 0.25) is 0 Å². The van der Waals surface area contributed by atoms with Crippen LogP contribution in [-0.4, -0.2) is 60.4 Å². The maximum atomic E-state index is 12.7. The molecule has 1 amide bonds. The molecule has 0 saturated carbocycles. The second-order valence-corrected chi connectivity index (χ2v) is 9.14. The first-order valence-corrected chi connectivity index (χ1v) is 9.56. The number of rotatable bonds is 4. The van der Waals surface area contributed by atoms with Crippen LogP contribution in [0.15, 0.2) is 29.2 Å². The van der Waals surface area contributed by atoms with E-state index in [4.69, 9.17) is 4.74 Å². The number of sulfonamides is 1. The molecule has 10 heteroatoms. The number of benzene rings is 1. The minimum atomic E-state index is -3.82. The van der Waals surface area contributed by atoms with Gasteiger partial charge < -0.3 is 9.64 Å². The minimum absolute atomic E-state index is 0.0266. The molecule has 0 unspecified atom stereocenters. The van der Waals surface area contributed by atoms with E-state index in [0.29, 0.717) is 13.0 Å². The summed E-state index contributed by atoms with van der Waals surface area (Å²) in [5.41, 5.74) is -0.796. The fourth-order valence-electron chi connectivity index (χ4n) is 2.63. The van der Waals surface area contributed by atoms with Crippen LogP contribution in [0.1, 0.15) is 27.2 Å². The van der Waals surface area contributed by atoms with E-state index in [1.807, 2.05) is 0 Å². The molecule has 1 aromatic rings. The van der Waals surface area contributed by atoms with Crippen molar-refractivity contribution in [1.29, 1.82) is 0 Å². The third-order valence-electron chi connectivity index (χ3n) is 4.05. The van der Waals surface area contributed by atoms with Gasteiger partial charge >= 0.3 is 6.09 Å². The van der Waals surface area contributed by atoms with Crippen LogP contribution >= 0.6 is 0 Å². The summed E-state index contributed by atoms with van der Waals surface area (Å²) < 4.78 is 32.0. The predicted octanol–water partition coefficient (Wildman–Crippen LogP) is 2.22. The van der Waals surface area contributed by atoms with Crippen LogP contribution in [0.4, 0.5) is 10.5 Å². The molecule has 0 radical (unpaired) electrons. The van der Waals surface area contributed by atoms with Gasteiger partial charge in [0.2, 0.25) is 10.0 Å². The molecule has 0 bridgehead atoms. The molecule has 0 aromatic heterocycles. The van der Waals surface area contributed by atoms with Gasteiger partial charge in [0.25, 0.3) is 5.69 Å². The Balaban J connectivity index is 2.09. The monoisotopic (exact) mass is 385 g/mol. The highest BCUT2D eigenvalue weighted by Crippen LogP contribution is 2.24. The molecule has 0 spiro atoms. The van der Waals surface area contributed by atoms with Crippen LogP contribution in [0.3, 0.4) is 0 Å². The molecule has 0 aliphatic carbocycles. The topological polar surface area (TPSA) is 110 Å². The highest BCUT2D eigenvalue weighted by molar-refractivity contribution is 7.89. The van der Waals surface area contributed by atoms with Crippen molar-refractivity contribution >= 4 is 21.8 Å². The number of hydrogen-bond donors (Lipinski definition) is 0. The Morgan fingerprint density at radius 3 is 2.38 bits per heavy atom. The lowest BCUT2D eigenvalue weighted by Gasteiger charge is -2.26. The smallest absolute Gasteiger partial charge is 0.410 e. The van der Waals surface area contributed by atoms with Crippen LogP contribution in [0.5, 0.6) is 0 Å². The number of hydrogen-bond acceptors (Lipinski definition) is 6. The summed E-state index contributed by atoms with van der Waals surface area (Å²) in [6.45, 7) is 5.94. The van der Waals surface area contributed by atoms with Crippen LogP contribution < -0.4 is 0 Å². The molecule has 0 N–H and O–H groups in total. The lowest BCUT2D eigenvalue weighted by molar-refractivity contribution is -0.384. The minimum Gasteiger partial charge on any atom is -0.444 e. The first kappa shape index (κ1) is 20.1. The summed E-state index contributed by atoms with van der Waals surface area (Å²) in [6, 6.07) is 4.35. The van der Waals surface area contributed by atoms with Crippen molar-refractivity contribution in [2.45, 2.75) is 43.7 Å².